The number of esters is 1. The highest BCUT2D eigenvalue weighted by atomic mass is 16.6. The normalized spacial score (nSPS) is 20.5. The zero-order valence-corrected chi connectivity index (χ0v) is 13.5. The number of hydrogen-bond donors (Lipinski definition) is 1. The van der Waals surface area contributed by atoms with Crippen LogP contribution in [0.15, 0.2) is 0 Å². The Hall–Kier alpha value is -0.610. The third-order valence-corrected chi connectivity index (χ3v) is 3.98. The van der Waals surface area contributed by atoms with E-state index >= 15 is 0 Å². The van der Waals surface area contributed by atoms with Gasteiger partial charge < -0.3 is 14.6 Å². The van der Waals surface area contributed by atoms with E-state index in [2.05, 4.69) is 6.92 Å². The van der Waals surface area contributed by atoms with E-state index < -0.39 is 0 Å². The number of aliphatic hydroxyl groups excluding tert-OH is 1. The minimum absolute atomic E-state index is 0.0865. The third-order valence-electron chi connectivity index (χ3n) is 3.98. The topological polar surface area (TPSA) is 59.1 Å². The fraction of sp³-hybridized carbons (Fsp3) is 0.941. The summed E-state index contributed by atoms with van der Waals surface area (Å²) in [5, 5.41) is 8.52. The van der Waals surface area contributed by atoms with Crippen molar-refractivity contribution in [1.29, 1.82) is 0 Å². The Balaban J connectivity index is 1.74. The van der Waals surface area contributed by atoms with Gasteiger partial charge in [-0.2, -0.15) is 0 Å². The number of carbonyl (C=O) groups is 1. The van der Waals surface area contributed by atoms with E-state index in [-0.39, 0.29) is 19.2 Å². The van der Waals surface area contributed by atoms with Crippen molar-refractivity contribution in [3.05, 3.63) is 0 Å². The molecule has 0 spiro atoms. The first-order chi connectivity index (χ1) is 10.3. The second-order valence-corrected chi connectivity index (χ2v) is 5.96. The van der Waals surface area contributed by atoms with E-state index in [1.165, 1.54) is 51.4 Å². The predicted octanol–water partition coefficient (Wildman–Crippen LogP) is 3.60. The molecule has 1 saturated heterocycles. The summed E-state index contributed by atoms with van der Waals surface area (Å²) in [6.45, 7) is 2.25. The molecule has 1 fully saturated rings. The second-order valence-electron chi connectivity index (χ2n) is 5.96. The molecule has 2 atom stereocenters. The molecule has 2 unspecified atom stereocenters. The van der Waals surface area contributed by atoms with Gasteiger partial charge in [0.1, 0.15) is 6.61 Å². The molecule has 1 aliphatic rings. The van der Waals surface area contributed by atoms with Crippen molar-refractivity contribution < 1.29 is 19.4 Å². The number of aliphatic hydroxyl groups is 1. The zero-order valence-electron chi connectivity index (χ0n) is 13.5. The molecule has 0 radical (unpaired) electrons. The van der Waals surface area contributed by atoms with Crippen LogP contribution in [0.2, 0.25) is 0 Å². The van der Waals surface area contributed by atoms with E-state index in [1.54, 1.807) is 0 Å². The van der Waals surface area contributed by atoms with Crippen LogP contribution in [0, 0.1) is 0 Å². The van der Waals surface area contributed by atoms with E-state index in [1.807, 2.05) is 0 Å². The summed E-state index contributed by atoms with van der Waals surface area (Å²) >= 11 is 0. The van der Waals surface area contributed by atoms with Gasteiger partial charge in [-0.1, -0.05) is 51.9 Å². The highest BCUT2D eigenvalue weighted by Gasteiger charge is 2.36. The largest absolute Gasteiger partial charge is 0.463 e. The highest BCUT2D eigenvalue weighted by molar-refractivity contribution is 5.69. The summed E-state index contributed by atoms with van der Waals surface area (Å²) in [4.78, 5) is 11.2. The van der Waals surface area contributed by atoms with Crippen LogP contribution in [0.5, 0.6) is 0 Å². The number of carbonyl (C=O) groups excluding carboxylic acids is 1. The summed E-state index contributed by atoms with van der Waals surface area (Å²) in [5.74, 6) is -0.185. The van der Waals surface area contributed by atoms with Crippen LogP contribution in [0.4, 0.5) is 0 Å². The summed E-state index contributed by atoms with van der Waals surface area (Å²) in [5.41, 5.74) is 0. The Morgan fingerprint density at radius 1 is 1.00 bits per heavy atom. The van der Waals surface area contributed by atoms with Gasteiger partial charge in [-0.05, 0) is 19.3 Å². The Morgan fingerprint density at radius 3 is 2.29 bits per heavy atom. The van der Waals surface area contributed by atoms with Gasteiger partial charge in [0.25, 0.3) is 0 Å². The molecular weight excluding hydrogens is 268 g/mol. The van der Waals surface area contributed by atoms with Crippen molar-refractivity contribution in [2.24, 2.45) is 0 Å². The molecule has 124 valence electrons. The van der Waals surface area contributed by atoms with Gasteiger partial charge in [-0.15, -0.1) is 0 Å². The van der Waals surface area contributed by atoms with Gasteiger partial charge in [0.2, 0.25) is 0 Å². The maximum Gasteiger partial charge on any atom is 0.305 e. The number of rotatable bonds is 14. The molecule has 0 aromatic heterocycles. The molecule has 21 heavy (non-hydrogen) atoms. The average molecular weight is 300 g/mol. The Morgan fingerprint density at radius 2 is 1.62 bits per heavy atom. The molecule has 1 rings (SSSR count). The lowest BCUT2D eigenvalue weighted by Gasteiger charge is -2.03. The fourth-order valence-electron chi connectivity index (χ4n) is 2.70. The van der Waals surface area contributed by atoms with Gasteiger partial charge in [0.15, 0.2) is 0 Å². The van der Waals surface area contributed by atoms with Gasteiger partial charge in [0.05, 0.1) is 18.8 Å². The maximum atomic E-state index is 11.2. The number of hydrogen-bond acceptors (Lipinski definition) is 4. The fourth-order valence-corrected chi connectivity index (χ4v) is 2.70. The van der Waals surface area contributed by atoms with Crippen molar-refractivity contribution >= 4 is 5.97 Å². The molecule has 1 N–H and O–H groups in total. The zero-order chi connectivity index (χ0) is 15.3. The molecule has 0 aromatic carbocycles. The van der Waals surface area contributed by atoms with Crippen LogP contribution in [-0.2, 0) is 14.3 Å². The molecular formula is C17H32O4. The minimum Gasteiger partial charge on any atom is -0.463 e. The Kier molecular flexibility index (Phi) is 10.5. The highest BCUT2D eigenvalue weighted by Crippen LogP contribution is 2.30. The molecule has 1 heterocycles. The first-order valence-corrected chi connectivity index (χ1v) is 8.70. The first-order valence-electron chi connectivity index (χ1n) is 8.70. The molecule has 1 aliphatic heterocycles. The smallest absolute Gasteiger partial charge is 0.305 e. The van der Waals surface area contributed by atoms with Gasteiger partial charge >= 0.3 is 5.97 Å². The van der Waals surface area contributed by atoms with Crippen molar-refractivity contribution in [2.75, 3.05) is 13.2 Å². The van der Waals surface area contributed by atoms with Crippen LogP contribution >= 0.6 is 0 Å². The summed E-state index contributed by atoms with van der Waals surface area (Å²) in [6.07, 6.45) is 13.7. The van der Waals surface area contributed by atoms with E-state index in [0.29, 0.717) is 18.6 Å². The van der Waals surface area contributed by atoms with Crippen molar-refractivity contribution in [3.63, 3.8) is 0 Å². The van der Waals surface area contributed by atoms with Crippen LogP contribution in [0.25, 0.3) is 0 Å². The predicted molar refractivity (Wildman–Crippen MR) is 83.2 cm³/mol. The maximum absolute atomic E-state index is 11.2. The SMILES string of the molecule is CCCC1OC1CCCCCCCCCC(=O)OCCO. The molecule has 0 aromatic rings. The third kappa shape index (κ3) is 9.86. The first kappa shape index (κ1) is 18.4. The van der Waals surface area contributed by atoms with Crippen LogP contribution in [0.1, 0.15) is 77.6 Å². The summed E-state index contributed by atoms with van der Waals surface area (Å²) in [7, 11) is 0. The van der Waals surface area contributed by atoms with Gasteiger partial charge in [0, 0.05) is 6.42 Å². The lowest BCUT2D eigenvalue weighted by Crippen LogP contribution is -2.07. The van der Waals surface area contributed by atoms with E-state index in [4.69, 9.17) is 14.6 Å². The second kappa shape index (κ2) is 12.0. The monoisotopic (exact) mass is 300 g/mol. The van der Waals surface area contributed by atoms with E-state index in [0.717, 1.165) is 12.8 Å². The Bertz CT molecular complexity index is 268. The van der Waals surface area contributed by atoms with Crippen LogP contribution in [-0.4, -0.2) is 36.5 Å². The van der Waals surface area contributed by atoms with Gasteiger partial charge in [-0.3, -0.25) is 4.79 Å². The quantitative estimate of drug-likeness (QED) is 0.302. The number of ether oxygens (including phenoxy) is 2. The van der Waals surface area contributed by atoms with Crippen molar-refractivity contribution in [2.45, 2.75) is 89.8 Å². The van der Waals surface area contributed by atoms with Crippen LogP contribution in [0.3, 0.4) is 0 Å². The van der Waals surface area contributed by atoms with Gasteiger partial charge in [-0.25, -0.2) is 0 Å². The lowest BCUT2D eigenvalue weighted by molar-refractivity contribution is -0.144. The summed E-state index contributed by atoms with van der Waals surface area (Å²) < 4.78 is 10.4. The molecule has 0 aliphatic carbocycles. The Labute approximate surface area is 129 Å². The molecule has 0 bridgehead atoms. The number of epoxide rings is 1. The van der Waals surface area contributed by atoms with E-state index in [9.17, 15) is 4.79 Å². The molecule has 4 nitrogen and oxygen atoms in total. The lowest BCUT2D eigenvalue weighted by atomic mass is 10.0. The molecule has 4 heteroatoms. The van der Waals surface area contributed by atoms with Crippen molar-refractivity contribution in [1.82, 2.24) is 0 Å². The number of unbranched alkanes of at least 4 members (excludes halogenated alkanes) is 6. The molecule has 0 amide bonds. The molecule has 0 saturated carbocycles. The average Bonchev–Trinajstić information content (AvgIpc) is 3.22. The van der Waals surface area contributed by atoms with Crippen molar-refractivity contribution in [3.8, 4) is 0 Å². The van der Waals surface area contributed by atoms with Crippen LogP contribution < -0.4 is 0 Å². The summed E-state index contributed by atoms with van der Waals surface area (Å²) in [6, 6.07) is 0. The standard InChI is InChI=1S/C17H32O4/c1-2-10-15-16(21-15)11-8-6-4-3-5-7-9-12-17(19)20-14-13-18/h15-16,18H,2-14H2,1H3. The minimum atomic E-state index is -0.185.